The van der Waals surface area contributed by atoms with Gasteiger partial charge in [0.25, 0.3) is 0 Å². The third-order valence-corrected chi connectivity index (χ3v) is 2.54. The fraction of sp³-hybridized carbons (Fsp3) is 0.833. The van der Waals surface area contributed by atoms with Gasteiger partial charge in [0.2, 0.25) is 5.91 Å². The van der Waals surface area contributed by atoms with E-state index in [1.165, 1.54) is 0 Å². The van der Waals surface area contributed by atoms with E-state index in [0.717, 1.165) is 0 Å². The molecule has 5 heteroatoms. The van der Waals surface area contributed by atoms with Crippen LogP contribution in [0.25, 0.3) is 0 Å². The van der Waals surface area contributed by atoms with Crippen molar-refractivity contribution in [2.75, 3.05) is 0 Å². The first-order valence-corrected chi connectivity index (χ1v) is 5.84. The van der Waals surface area contributed by atoms with Crippen molar-refractivity contribution in [3.05, 3.63) is 0 Å². The molecular formula is C12H24N2O3. The van der Waals surface area contributed by atoms with Crippen molar-refractivity contribution in [2.45, 2.75) is 53.1 Å². The molecule has 2 atom stereocenters. The highest BCUT2D eigenvalue weighted by atomic mass is 16.4. The molecule has 0 aliphatic heterocycles. The van der Waals surface area contributed by atoms with Gasteiger partial charge in [-0.25, -0.2) is 4.79 Å². The van der Waals surface area contributed by atoms with Crippen molar-refractivity contribution >= 4 is 11.9 Å². The van der Waals surface area contributed by atoms with Gasteiger partial charge in [-0.3, -0.25) is 4.79 Å². The van der Waals surface area contributed by atoms with Crippen molar-refractivity contribution in [2.24, 2.45) is 17.1 Å². The van der Waals surface area contributed by atoms with E-state index in [2.05, 4.69) is 5.32 Å². The van der Waals surface area contributed by atoms with Crippen LogP contribution in [0.1, 0.15) is 41.0 Å². The van der Waals surface area contributed by atoms with Gasteiger partial charge in [0.05, 0.1) is 6.04 Å². The topological polar surface area (TPSA) is 92.4 Å². The monoisotopic (exact) mass is 244 g/mol. The summed E-state index contributed by atoms with van der Waals surface area (Å²) in [4.78, 5) is 22.8. The number of hydrogen-bond donors (Lipinski definition) is 3. The second-order valence-corrected chi connectivity index (χ2v) is 5.87. The lowest BCUT2D eigenvalue weighted by Crippen LogP contribution is -2.53. The highest BCUT2D eigenvalue weighted by Gasteiger charge is 2.30. The van der Waals surface area contributed by atoms with Crippen LogP contribution >= 0.6 is 0 Å². The minimum Gasteiger partial charge on any atom is -0.480 e. The van der Waals surface area contributed by atoms with Gasteiger partial charge in [0, 0.05) is 0 Å². The average molecular weight is 244 g/mol. The summed E-state index contributed by atoms with van der Waals surface area (Å²) in [5.41, 5.74) is 5.38. The molecule has 0 aliphatic rings. The molecule has 0 radical (unpaired) electrons. The van der Waals surface area contributed by atoms with Gasteiger partial charge in [0.15, 0.2) is 0 Å². The summed E-state index contributed by atoms with van der Waals surface area (Å²) in [6.45, 7) is 9.35. The van der Waals surface area contributed by atoms with E-state index in [9.17, 15) is 9.59 Å². The van der Waals surface area contributed by atoms with Crippen molar-refractivity contribution in [3.8, 4) is 0 Å². The summed E-state index contributed by atoms with van der Waals surface area (Å²) in [5.74, 6) is -1.24. The Morgan fingerprint density at radius 3 is 2.06 bits per heavy atom. The normalized spacial score (nSPS) is 15.5. The zero-order chi connectivity index (χ0) is 13.8. The lowest BCUT2D eigenvalue weighted by atomic mass is 9.86. The lowest BCUT2D eigenvalue weighted by Gasteiger charge is -2.27. The lowest BCUT2D eigenvalue weighted by molar-refractivity contribution is -0.142. The SMILES string of the molecule is CC(C)CC(NC(=O)C(N)C(C)(C)C)C(=O)O. The Hall–Kier alpha value is -1.10. The summed E-state index contributed by atoms with van der Waals surface area (Å²) in [7, 11) is 0. The molecule has 17 heavy (non-hydrogen) atoms. The number of carbonyl (C=O) groups is 2. The van der Waals surface area contributed by atoms with E-state index in [-0.39, 0.29) is 11.3 Å². The molecule has 0 aliphatic carbocycles. The molecule has 0 aromatic heterocycles. The van der Waals surface area contributed by atoms with Crippen LogP contribution in [0.2, 0.25) is 0 Å². The molecule has 0 aromatic rings. The first kappa shape index (κ1) is 15.9. The molecule has 0 aromatic carbocycles. The maximum absolute atomic E-state index is 11.8. The smallest absolute Gasteiger partial charge is 0.326 e. The Bertz CT molecular complexity index is 282. The number of carboxylic acids is 1. The van der Waals surface area contributed by atoms with Crippen LogP contribution in [0.4, 0.5) is 0 Å². The molecule has 4 N–H and O–H groups in total. The molecule has 100 valence electrons. The van der Waals surface area contributed by atoms with Crippen molar-refractivity contribution < 1.29 is 14.7 Å². The van der Waals surface area contributed by atoms with E-state index in [1.54, 1.807) is 0 Å². The molecule has 0 spiro atoms. The van der Waals surface area contributed by atoms with Crippen LogP contribution < -0.4 is 11.1 Å². The Labute approximate surface area is 103 Å². The predicted octanol–water partition coefficient (Wildman–Crippen LogP) is 0.975. The number of aliphatic carboxylic acids is 1. The first-order valence-electron chi connectivity index (χ1n) is 5.84. The number of hydrogen-bond acceptors (Lipinski definition) is 3. The summed E-state index contributed by atoms with van der Waals surface area (Å²) in [5, 5.41) is 11.5. The van der Waals surface area contributed by atoms with E-state index < -0.39 is 24.0 Å². The maximum atomic E-state index is 11.8. The number of rotatable bonds is 5. The standard InChI is InChI=1S/C12H24N2O3/c1-7(2)6-8(11(16)17)14-10(15)9(13)12(3,4)5/h7-9H,6,13H2,1-5H3,(H,14,15)(H,16,17). The van der Waals surface area contributed by atoms with Crippen LogP contribution in [0.3, 0.4) is 0 Å². The third kappa shape index (κ3) is 5.68. The molecule has 0 rings (SSSR count). The van der Waals surface area contributed by atoms with Gasteiger partial charge >= 0.3 is 5.97 Å². The molecule has 0 saturated heterocycles. The first-order chi connectivity index (χ1) is 7.55. The van der Waals surface area contributed by atoms with E-state index >= 15 is 0 Å². The van der Waals surface area contributed by atoms with Crippen LogP contribution in [-0.2, 0) is 9.59 Å². The molecule has 0 saturated carbocycles. The Balaban J connectivity index is 4.57. The quantitative estimate of drug-likeness (QED) is 0.672. The minimum atomic E-state index is -1.02. The molecule has 1 amide bonds. The second kappa shape index (κ2) is 6.00. The Kier molecular flexibility index (Phi) is 5.61. The number of carbonyl (C=O) groups excluding carboxylic acids is 1. The number of amides is 1. The number of nitrogens with two attached hydrogens (primary N) is 1. The largest absolute Gasteiger partial charge is 0.480 e. The van der Waals surface area contributed by atoms with Gasteiger partial charge < -0.3 is 16.2 Å². The highest BCUT2D eigenvalue weighted by molar-refractivity contribution is 5.87. The van der Waals surface area contributed by atoms with E-state index in [1.807, 2.05) is 34.6 Å². The summed E-state index contributed by atoms with van der Waals surface area (Å²) < 4.78 is 0. The zero-order valence-electron chi connectivity index (χ0n) is 11.3. The van der Waals surface area contributed by atoms with Gasteiger partial charge in [-0.15, -0.1) is 0 Å². The third-order valence-electron chi connectivity index (χ3n) is 2.54. The van der Waals surface area contributed by atoms with Gasteiger partial charge in [-0.2, -0.15) is 0 Å². The average Bonchev–Trinajstić information content (AvgIpc) is 2.13. The van der Waals surface area contributed by atoms with Crippen molar-refractivity contribution in [3.63, 3.8) is 0 Å². The maximum Gasteiger partial charge on any atom is 0.326 e. The number of carboxylic acid groups (broad SMARTS) is 1. The van der Waals surface area contributed by atoms with Crippen molar-refractivity contribution in [1.29, 1.82) is 0 Å². The van der Waals surface area contributed by atoms with Gasteiger partial charge in [0.1, 0.15) is 6.04 Å². The molecular weight excluding hydrogens is 220 g/mol. The zero-order valence-corrected chi connectivity index (χ0v) is 11.3. The van der Waals surface area contributed by atoms with Crippen molar-refractivity contribution in [1.82, 2.24) is 5.32 Å². The molecule has 0 fully saturated rings. The Morgan fingerprint density at radius 1 is 1.29 bits per heavy atom. The van der Waals surface area contributed by atoms with Crippen LogP contribution in [-0.4, -0.2) is 29.1 Å². The summed E-state index contributed by atoms with van der Waals surface area (Å²) in [6.07, 6.45) is 0.401. The molecule has 2 unspecified atom stereocenters. The van der Waals surface area contributed by atoms with Gasteiger partial charge in [-0.1, -0.05) is 34.6 Å². The fourth-order valence-electron chi connectivity index (χ4n) is 1.35. The second-order valence-electron chi connectivity index (χ2n) is 5.87. The molecule has 0 heterocycles. The van der Waals surface area contributed by atoms with E-state index in [0.29, 0.717) is 6.42 Å². The summed E-state index contributed by atoms with van der Waals surface area (Å²) >= 11 is 0. The number of nitrogens with one attached hydrogen (secondary N) is 1. The Morgan fingerprint density at radius 2 is 1.76 bits per heavy atom. The predicted molar refractivity (Wildman–Crippen MR) is 66.5 cm³/mol. The molecule has 0 bridgehead atoms. The highest BCUT2D eigenvalue weighted by Crippen LogP contribution is 2.17. The van der Waals surface area contributed by atoms with Crippen LogP contribution in [0.15, 0.2) is 0 Å². The fourth-order valence-corrected chi connectivity index (χ4v) is 1.35. The van der Waals surface area contributed by atoms with Crippen LogP contribution in [0.5, 0.6) is 0 Å². The summed E-state index contributed by atoms with van der Waals surface area (Å²) in [6, 6.07) is -1.58. The minimum absolute atomic E-state index is 0.197. The van der Waals surface area contributed by atoms with E-state index in [4.69, 9.17) is 10.8 Å². The van der Waals surface area contributed by atoms with Crippen LogP contribution in [0, 0.1) is 11.3 Å². The molecule has 5 nitrogen and oxygen atoms in total. The van der Waals surface area contributed by atoms with Gasteiger partial charge in [-0.05, 0) is 17.8 Å².